The van der Waals surface area contributed by atoms with Gasteiger partial charge in [-0.3, -0.25) is 0 Å². The molecular weight excluding hydrogens is 360 g/mol. The third-order valence-corrected chi connectivity index (χ3v) is 5.53. The third kappa shape index (κ3) is 4.07. The minimum Gasteiger partial charge on any atom is -0.598 e. The Morgan fingerprint density at radius 3 is 3.04 bits per heavy atom. The minimum atomic E-state index is -0.963. The fourth-order valence-corrected chi connectivity index (χ4v) is 4.06. The average molecular weight is 385 g/mol. The highest BCUT2D eigenvalue weighted by Gasteiger charge is 2.22. The zero-order chi connectivity index (χ0) is 18.8. The molecule has 1 aliphatic heterocycles. The van der Waals surface area contributed by atoms with Gasteiger partial charge in [0.2, 0.25) is 0 Å². The predicted molar refractivity (Wildman–Crippen MR) is 108 cm³/mol. The van der Waals surface area contributed by atoms with E-state index in [0.29, 0.717) is 5.92 Å². The third-order valence-electron chi connectivity index (χ3n) is 4.96. The van der Waals surface area contributed by atoms with Crippen LogP contribution in [0.2, 0.25) is 0 Å². The predicted octanol–water partition coefficient (Wildman–Crippen LogP) is 2.20. The summed E-state index contributed by atoms with van der Waals surface area (Å²) in [6.45, 7) is 4.67. The summed E-state index contributed by atoms with van der Waals surface area (Å²) in [6.07, 6.45) is 7.66. The average Bonchev–Trinajstić information content (AvgIpc) is 3.10. The maximum absolute atomic E-state index is 11.3. The number of fused-ring (bicyclic) bond motifs is 1. The molecule has 4 heterocycles. The number of hydrogen-bond donors (Lipinski definition) is 1. The van der Waals surface area contributed by atoms with Crippen molar-refractivity contribution in [3.63, 3.8) is 0 Å². The van der Waals surface area contributed by atoms with Crippen LogP contribution in [-0.4, -0.2) is 50.0 Å². The quantitative estimate of drug-likeness (QED) is 0.679. The van der Waals surface area contributed by atoms with Crippen LogP contribution in [0.25, 0.3) is 16.9 Å². The zero-order valence-electron chi connectivity index (χ0n) is 15.6. The molecule has 0 aromatic carbocycles. The molecule has 4 rings (SSSR count). The number of imidazole rings is 1. The van der Waals surface area contributed by atoms with Crippen LogP contribution in [-0.2, 0) is 11.4 Å². The molecule has 0 aliphatic carbocycles. The highest BCUT2D eigenvalue weighted by molar-refractivity contribution is 7.88. The summed E-state index contributed by atoms with van der Waals surface area (Å²) < 4.78 is 16.2. The molecule has 142 valence electrons. The van der Waals surface area contributed by atoms with Gasteiger partial charge in [0.25, 0.3) is 0 Å². The van der Waals surface area contributed by atoms with Gasteiger partial charge >= 0.3 is 0 Å². The second-order valence-corrected chi connectivity index (χ2v) is 8.24. The highest BCUT2D eigenvalue weighted by Crippen LogP contribution is 2.26. The van der Waals surface area contributed by atoms with Gasteiger partial charge < -0.3 is 9.45 Å². The number of rotatable bonds is 5. The standard InChI is InChI=1S/C19H24N6OS/c1-14-5-6-18-21-12-17(25(18)23-14)16-7-8-20-19(10-16)24-9-3-4-15(13-24)11-22-27(2)26/h5-8,10,12,15,22H,3-4,9,11,13H2,1-2H3. The SMILES string of the molecule is Cc1ccc2ncc(-c3ccnc(N4CCCC(CN[S+](C)[O-])C4)c3)n2n1. The number of pyridine rings is 1. The largest absolute Gasteiger partial charge is 0.598 e. The molecule has 0 bridgehead atoms. The van der Waals surface area contributed by atoms with E-state index in [1.807, 2.05) is 42.0 Å². The van der Waals surface area contributed by atoms with Crippen molar-refractivity contribution in [2.45, 2.75) is 19.8 Å². The molecule has 8 heteroatoms. The first-order valence-electron chi connectivity index (χ1n) is 9.20. The molecule has 3 aromatic heterocycles. The number of piperidine rings is 1. The molecule has 0 saturated carbocycles. The molecule has 7 nitrogen and oxygen atoms in total. The Balaban J connectivity index is 1.58. The number of hydrogen-bond acceptors (Lipinski definition) is 6. The fraction of sp³-hybridized carbons (Fsp3) is 0.421. The van der Waals surface area contributed by atoms with Crippen molar-refractivity contribution in [3.8, 4) is 11.3 Å². The summed E-state index contributed by atoms with van der Waals surface area (Å²) in [5.41, 5.74) is 3.82. The Hall–Kier alpha value is -2.16. The van der Waals surface area contributed by atoms with E-state index >= 15 is 0 Å². The molecule has 27 heavy (non-hydrogen) atoms. The summed E-state index contributed by atoms with van der Waals surface area (Å²) in [4.78, 5) is 11.4. The van der Waals surface area contributed by atoms with Crippen molar-refractivity contribution < 1.29 is 4.55 Å². The van der Waals surface area contributed by atoms with E-state index < -0.39 is 11.4 Å². The summed E-state index contributed by atoms with van der Waals surface area (Å²) >= 11 is -0.963. The lowest BCUT2D eigenvalue weighted by atomic mass is 9.98. The highest BCUT2D eigenvalue weighted by atomic mass is 32.2. The summed E-state index contributed by atoms with van der Waals surface area (Å²) in [5, 5.41) is 4.59. The van der Waals surface area contributed by atoms with Crippen LogP contribution in [0.3, 0.4) is 0 Å². The van der Waals surface area contributed by atoms with Gasteiger partial charge in [0, 0.05) is 42.8 Å². The van der Waals surface area contributed by atoms with E-state index in [0.717, 1.165) is 60.9 Å². The molecule has 1 N–H and O–H groups in total. The van der Waals surface area contributed by atoms with E-state index in [2.05, 4.69) is 30.8 Å². The molecule has 0 radical (unpaired) electrons. The molecule has 0 amide bonds. The maximum Gasteiger partial charge on any atom is 0.154 e. The zero-order valence-corrected chi connectivity index (χ0v) is 16.4. The number of nitrogens with zero attached hydrogens (tertiary/aromatic N) is 5. The Labute approximate surface area is 162 Å². The van der Waals surface area contributed by atoms with Gasteiger partial charge in [-0.05, 0) is 49.9 Å². The van der Waals surface area contributed by atoms with Crippen molar-refractivity contribution in [2.24, 2.45) is 5.92 Å². The van der Waals surface area contributed by atoms with Gasteiger partial charge in [-0.25, -0.2) is 14.5 Å². The molecule has 0 spiro atoms. The van der Waals surface area contributed by atoms with Crippen LogP contribution in [0, 0.1) is 12.8 Å². The summed E-state index contributed by atoms with van der Waals surface area (Å²) in [7, 11) is 0. The van der Waals surface area contributed by atoms with Gasteiger partial charge in [-0.1, -0.05) is 0 Å². The van der Waals surface area contributed by atoms with Gasteiger partial charge in [0.1, 0.15) is 12.1 Å². The topological polar surface area (TPSA) is 81.4 Å². The lowest BCUT2D eigenvalue weighted by molar-refractivity contribution is 0.409. The van der Waals surface area contributed by atoms with Crippen molar-refractivity contribution >= 4 is 22.8 Å². The summed E-state index contributed by atoms with van der Waals surface area (Å²) in [6, 6.07) is 8.06. The Kier molecular flexibility index (Phi) is 5.29. The normalized spacial score (nSPS) is 18.8. The molecule has 2 unspecified atom stereocenters. The molecule has 2 atom stereocenters. The van der Waals surface area contributed by atoms with Gasteiger partial charge in [-0.15, -0.1) is 4.72 Å². The second kappa shape index (κ2) is 7.84. The van der Waals surface area contributed by atoms with Crippen LogP contribution in [0.15, 0.2) is 36.7 Å². The molecule has 1 fully saturated rings. The van der Waals surface area contributed by atoms with Crippen molar-refractivity contribution in [1.82, 2.24) is 24.3 Å². The smallest absolute Gasteiger partial charge is 0.154 e. The monoisotopic (exact) mass is 384 g/mol. The van der Waals surface area contributed by atoms with E-state index in [4.69, 9.17) is 0 Å². The van der Waals surface area contributed by atoms with E-state index in [1.165, 1.54) is 0 Å². The fourth-order valence-electron chi connectivity index (χ4n) is 3.59. The number of aromatic nitrogens is 4. The first-order chi connectivity index (χ1) is 13.1. The van der Waals surface area contributed by atoms with Gasteiger partial charge in [0.15, 0.2) is 5.65 Å². The second-order valence-electron chi connectivity index (χ2n) is 7.05. The van der Waals surface area contributed by atoms with Crippen molar-refractivity contribution in [2.75, 3.05) is 30.8 Å². The number of aryl methyl sites for hydroxylation is 1. The lowest BCUT2D eigenvalue weighted by Gasteiger charge is -2.33. The molecular formula is C19H24N6OS. The minimum absolute atomic E-state index is 0.480. The van der Waals surface area contributed by atoms with Crippen LogP contribution >= 0.6 is 0 Å². The van der Waals surface area contributed by atoms with Crippen LogP contribution in [0.1, 0.15) is 18.5 Å². The van der Waals surface area contributed by atoms with Crippen molar-refractivity contribution in [3.05, 3.63) is 42.4 Å². The Morgan fingerprint density at radius 1 is 1.30 bits per heavy atom. The number of nitrogens with one attached hydrogen (secondary N) is 1. The van der Waals surface area contributed by atoms with Crippen LogP contribution in [0.5, 0.6) is 0 Å². The lowest BCUT2D eigenvalue weighted by Crippen LogP contribution is -2.41. The summed E-state index contributed by atoms with van der Waals surface area (Å²) in [5.74, 6) is 1.45. The Morgan fingerprint density at radius 2 is 2.19 bits per heavy atom. The first kappa shape index (κ1) is 18.2. The maximum atomic E-state index is 11.3. The first-order valence-corrected chi connectivity index (χ1v) is 10.8. The van der Waals surface area contributed by atoms with Crippen LogP contribution < -0.4 is 9.62 Å². The van der Waals surface area contributed by atoms with E-state index in [1.54, 1.807) is 6.26 Å². The molecule has 1 aliphatic rings. The Bertz CT molecular complexity index is 927. The molecule has 1 saturated heterocycles. The van der Waals surface area contributed by atoms with E-state index in [9.17, 15) is 4.55 Å². The van der Waals surface area contributed by atoms with Gasteiger partial charge in [-0.2, -0.15) is 5.10 Å². The van der Waals surface area contributed by atoms with Crippen LogP contribution in [0.4, 0.5) is 5.82 Å². The van der Waals surface area contributed by atoms with Gasteiger partial charge in [0.05, 0.1) is 17.6 Å². The molecule has 3 aromatic rings. The number of anilines is 1. The van der Waals surface area contributed by atoms with Crippen molar-refractivity contribution in [1.29, 1.82) is 0 Å². The van der Waals surface area contributed by atoms with E-state index in [-0.39, 0.29) is 0 Å².